The van der Waals surface area contributed by atoms with Crippen molar-refractivity contribution in [2.45, 2.75) is 25.5 Å². The summed E-state index contributed by atoms with van der Waals surface area (Å²) in [6.45, 7) is 1.80. The molecule has 0 fully saturated rings. The molecule has 4 nitrogen and oxygen atoms in total. The van der Waals surface area contributed by atoms with Crippen LogP contribution in [0, 0.1) is 0 Å². The van der Waals surface area contributed by atoms with Crippen molar-refractivity contribution in [3.05, 3.63) is 23.8 Å². The average Bonchev–Trinajstić information content (AvgIpc) is 2.19. The van der Waals surface area contributed by atoms with E-state index in [1.165, 1.54) is 18.2 Å². The Kier molecular flexibility index (Phi) is 5.43. The van der Waals surface area contributed by atoms with Crippen LogP contribution < -0.4 is 5.73 Å². The molecule has 1 rings (SSSR count). The Morgan fingerprint density at radius 3 is 2.47 bits per heavy atom. The zero-order valence-corrected chi connectivity index (χ0v) is 9.24. The van der Waals surface area contributed by atoms with E-state index in [1.54, 1.807) is 6.92 Å². The van der Waals surface area contributed by atoms with Crippen LogP contribution in [0.2, 0.25) is 0 Å². The minimum atomic E-state index is -0.720. The molecule has 0 saturated heterocycles. The van der Waals surface area contributed by atoms with Crippen LogP contribution in [0.4, 0.5) is 0 Å². The Balaban J connectivity index is 0.00000196. The second kappa shape index (κ2) is 5.80. The van der Waals surface area contributed by atoms with Gasteiger partial charge in [0.15, 0.2) is 0 Å². The van der Waals surface area contributed by atoms with E-state index in [1.807, 2.05) is 0 Å². The van der Waals surface area contributed by atoms with E-state index in [9.17, 15) is 15.3 Å². The molecule has 2 atom stereocenters. The molecule has 1 aromatic carbocycles. The van der Waals surface area contributed by atoms with Gasteiger partial charge >= 0.3 is 0 Å². The van der Waals surface area contributed by atoms with Gasteiger partial charge in [-0.05, 0) is 24.6 Å². The van der Waals surface area contributed by atoms with E-state index < -0.39 is 12.1 Å². The summed E-state index contributed by atoms with van der Waals surface area (Å²) in [6.07, 6.45) is -0.223. The summed E-state index contributed by atoms with van der Waals surface area (Å²) in [5, 5.41) is 28.1. The van der Waals surface area contributed by atoms with Crippen LogP contribution in [0.3, 0.4) is 0 Å². The summed E-state index contributed by atoms with van der Waals surface area (Å²) in [5.41, 5.74) is 6.06. The lowest BCUT2D eigenvalue weighted by Gasteiger charge is -2.18. The number of hydrogen-bond donors (Lipinski definition) is 4. The molecule has 0 spiro atoms. The molecule has 0 bridgehead atoms. The molecule has 0 heterocycles. The Morgan fingerprint density at radius 1 is 1.33 bits per heavy atom. The lowest BCUT2D eigenvalue weighted by atomic mass is 9.99. The standard InChI is InChI=1S/C10H15NO3.ClH/c1-2-8(13)10(11)7-5-6(12)3-4-9(7)14;/h3-5,8,10,12-14H,2,11H2,1H3;1H/t8-,10+;/m0./s1. The van der Waals surface area contributed by atoms with E-state index in [0.717, 1.165) is 0 Å². The smallest absolute Gasteiger partial charge is 0.120 e. The number of hydrogen-bond acceptors (Lipinski definition) is 4. The van der Waals surface area contributed by atoms with Crippen molar-refractivity contribution in [3.8, 4) is 11.5 Å². The summed E-state index contributed by atoms with van der Waals surface area (Å²) in [7, 11) is 0. The van der Waals surface area contributed by atoms with Gasteiger partial charge in [-0.3, -0.25) is 0 Å². The van der Waals surface area contributed by atoms with Crippen LogP contribution in [0.15, 0.2) is 18.2 Å². The maximum Gasteiger partial charge on any atom is 0.120 e. The molecule has 0 aliphatic heterocycles. The van der Waals surface area contributed by atoms with Gasteiger partial charge in [0, 0.05) is 5.56 Å². The van der Waals surface area contributed by atoms with Crippen LogP contribution in [0.25, 0.3) is 0 Å². The SMILES string of the molecule is CC[C@H](O)[C@H](N)c1cc(O)ccc1O.Cl. The van der Waals surface area contributed by atoms with E-state index in [0.29, 0.717) is 12.0 Å². The Bertz CT molecular complexity index is 320. The highest BCUT2D eigenvalue weighted by molar-refractivity contribution is 5.85. The molecule has 15 heavy (non-hydrogen) atoms. The molecule has 5 N–H and O–H groups in total. The molecule has 0 amide bonds. The minimum absolute atomic E-state index is 0. The lowest BCUT2D eigenvalue weighted by Crippen LogP contribution is -2.25. The fourth-order valence-electron chi connectivity index (χ4n) is 1.27. The van der Waals surface area contributed by atoms with Crippen molar-refractivity contribution < 1.29 is 15.3 Å². The van der Waals surface area contributed by atoms with Crippen molar-refractivity contribution in [2.24, 2.45) is 5.73 Å². The third kappa shape index (κ3) is 3.27. The molecule has 86 valence electrons. The van der Waals surface area contributed by atoms with Crippen LogP contribution in [0.1, 0.15) is 24.9 Å². The highest BCUT2D eigenvalue weighted by Crippen LogP contribution is 2.28. The summed E-state index contributed by atoms with van der Waals surface area (Å²) >= 11 is 0. The molecule has 0 aliphatic carbocycles. The first-order valence-electron chi connectivity index (χ1n) is 4.51. The number of aliphatic hydroxyl groups excluding tert-OH is 1. The topological polar surface area (TPSA) is 86.7 Å². The maximum atomic E-state index is 9.48. The zero-order valence-electron chi connectivity index (χ0n) is 8.42. The molecular weight excluding hydrogens is 218 g/mol. The van der Waals surface area contributed by atoms with Crippen LogP contribution >= 0.6 is 12.4 Å². The number of rotatable bonds is 3. The number of phenols is 2. The molecule has 0 aromatic heterocycles. The second-order valence-electron chi connectivity index (χ2n) is 3.24. The van der Waals surface area contributed by atoms with Gasteiger partial charge in [-0.1, -0.05) is 6.92 Å². The van der Waals surface area contributed by atoms with Gasteiger partial charge < -0.3 is 21.1 Å². The number of aromatic hydroxyl groups is 2. The van der Waals surface area contributed by atoms with Crippen LogP contribution in [-0.2, 0) is 0 Å². The summed E-state index contributed by atoms with van der Waals surface area (Å²) in [6, 6.07) is 3.41. The number of halogens is 1. The molecule has 5 heteroatoms. The highest BCUT2D eigenvalue weighted by Gasteiger charge is 2.18. The van der Waals surface area contributed by atoms with Crippen molar-refractivity contribution in [1.29, 1.82) is 0 Å². The normalized spacial score (nSPS) is 14.1. The first-order chi connectivity index (χ1) is 6.56. The van der Waals surface area contributed by atoms with Gasteiger partial charge in [-0.15, -0.1) is 12.4 Å². The minimum Gasteiger partial charge on any atom is -0.508 e. The van der Waals surface area contributed by atoms with Gasteiger partial charge in [0.2, 0.25) is 0 Å². The predicted octanol–water partition coefficient (Wildman–Crippen LogP) is 1.29. The van der Waals surface area contributed by atoms with Gasteiger partial charge in [-0.25, -0.2) is 0 Å². The van der Waals surface area contributed by atoms with E-state index in [-0.39, 0.29) is 23.9 Å². The third-order valence-electron chi connectivity index (χ3n) is 2.20. The molecule has 0 saturated carbocycles. The van der Waals surface area contributed by atoms with E-state index in [2.05, 4.69) is 0 Å². The number of phenolic OH excluding ortho intramolecular Hbond substituents is 2. The monoisotopic (exact) mass is 233 g/mol. The maximum absolute atomic E-state index is 9.48. The van der Waals surface area contributed by atoms with Crippen molar-refractivity contribution in [3.63, 3.8) is 0 Å². The summed E-state index contributed by atoms with van der Waals surface area (Å²) in [4.78, 5) is 0. The Labute approximate surface area is 94.8 Å². The van der Waals surface area contributed by atoms with Gasteiger partial charge in [-0.2, -0.15) is 0 Å². The summed E-state index contributed by atoms with van der Waals surface area (Å²) in [5.74, 6) is 0.0133. The first kappa shape index (κ1) is 14.0. The lowest BCUT2D eigenvalue weighted by molar-refractivity contribution is 0.139. The number of aliphatic hydroxyl groups is 1. The first-order valence-corrected chi connectivity index (χ1v) is 4.51. The zero-order chi connectivity index (χ0) is 10.7. The number of nitrogens with two attached hydrogens (primary N) is 1. The van der Waals surface area contributed by atoms with Crippen molar-refractivity contribution >= 4 is 12.4 Å². The Morgan fingerprint density at radius 2 is 1.93 bits per heavy atom. The number of benzene rings is 1. The third-order valence-corrected chi connectivity index (χ3v) is 2.20. The van der Waals surface area contributed by atoms with Gasteiger partial charge in [0.05, 0.1) is 12.1 Å². The highest BCUT2D eigenvalue weighted by atomic mass is 35.5. The fourth-order valence-corrected chi connectivity index (χ4v) is 1.27. The average molecular weight is 234 g/mol. The predicted molar refractivity (Wildman–Crippen MR) is 60.2 cm³/mol. The van der Waals surface area contributed by atoms with E-state index in [4.69, 9.17) is 5.73 Å². The largest absolute Gasteiger partial charge is 0.508 e. The molecule has 0 radical (unpaired) electrons. The Hall–Kier alpha value is -0.970. The van der Waals surface area contributed by atoms with Gasteiger partial charge in [0.1, 0.15) is 11.5 Å². The molecule has 0 unspecified atom stereocenters. The summed E-state index contributed by atoms with van der Waals surface area (Å²) < 4.78 is 0. The quantitative estimate of drug-likeness (QED) is 0.593. The molecular formula is C10H16ClNO3. The van der Waals surface area contributed by atoms with E-state index >= 15 is 0 Å². The molecule has 1 aromatic rings. The fraction of sp³-hybridized carbons (Fsp3) is 0.400. The van der Waals surface area contributed by atoms with Crippen LogP contribution in [0.5, 0.6) is 11.5 Å². The van der Waals surface area contributed by atoms with Crippen molar-refractivity contribution in [2.75, 3.05) is 0 Å². The molecule has 0 aliphatic rings. The second-order valence-corrected chi connectivity index (χ2v) is 3.24. The van der Waals surface area contributed by atoms with Crippen LogP contribution in [-0.4, -0.2) is 21.4 Å². The van der Waals surface area contributed by atoms with Crippen molar-refractivity contribution in [1.82, 2.24) is 0 Å². The van der Waals surface area contributed by atoms with Gasteiger partial charge in [0.25, 0.3) is 0 Å².